The van der Waals surface area contributed by atoms with E-state index in [-0.39, 0.29) is 11.6 Å². The largest absolute Gasteiger partial charge is 0.459 e. The van der Waals surface area contributed by atoms with E-state index in [0.717, 1.165) is 25.7 Å². The van der Waals surface area contributed by atoms with Crippen LogP contribution in [-0.4, -0.2) is 11.6 Å². The number of ether oxygens (including phenoxy) is 1. The molecule has 1 rings (SSSR count). The summed E-state index contributed by atoms with van der Waals surface area (Å²) >= 11 is 0. The molecular formula is C10H15NO2. The molecule has 0 aromatic rings. The number of hydrogen-bond acceptors (Lipinski definition) is 3. The van der Waals surface area contributed by atoms with Gasteiger partial charge in [-0.1, -0.05) is 0 Å². The topological polar surface area (TPSA) is 50.1 Å². The summed E-state index contributed by atoms with van der Waals surface area (Å²) in [7, 11) is 0. The van der Waals surface area contributed by atoms with Crippen molar-refractivity contribution in [2.24, 2.45) is 0 Å². The number of hydrogen-bond donors (Lipinski definition) is 0. The van der Waals surface area contributed by atoms with E-state index in [4.69, 9.17) is 10.00 Å². The van der Waals surface area contributed by atoms with E-state index in [0.29, 0.717) is 12.8 Å². The molecule has 0 spiro atoms. The second-order valence-corrected chi connectivity index (χ2v) is 3.64. The molecule has 0 aliphatic heterocycles. The van der Waals surface area contributed by atoms with Gasteiger partial charge in [0, 0.05) is 19.8 Å². The van der Waals surface area contributed by atoms with Crippen molar-refractivity contribution < 1.29 is 9.53 Å². The Kier molecular flexibility index (Phi) is 3.30. The molecule has 0 heterocycles. The molecule has 0 amide bonds. The van der Waals surface area contributed by atoms with Crippen LogP contribution in [0.4, 0.5) is 0 Å². The summed E-state index contributed by atoms with van der Waals surface area (Å²) in [5, 5.41) is 8.48. The summed E-state index contributed by atoms with van der Waals surface area (Å²) in [5.41, 5.74) is -0.304. The van der Waals surface area contributed by atoms with E-state index >= 15 is 0 Å². The standard InChI is InChI=1S/C10H15NO2/c1-9(12)13-10(7-4-8-11)5-2-3-6-10/h2-7H2,1H3. The first kappa shape index (κ1) is 10.0. The smallest absolute Gasteiger partial charge is 0.303 e. The number of nitrogens with zero attached hydrogens (tertiary/aromatic N) is 1. The molecule has 0 aromatic carbocycles. The second kappa shape index (κ2) is 4.27. The van der Waals surface area contributed by atoms with Crippen molar-refractivity contribution in [3.05, 3.63) is 0 Å². The molecule has 0 radical (unpaired) electrons. The third-order valence-corrected chi connectivity index (χ3v) is 2.57. The number of nitriles is 1. The van der Waals surface area contributed by atoms with Crippen LogP contribution in [0.15, 0.2) is 0 Å². The molecule has 1 saturated carbocycles. The monoisotopic (exact) mass is 181 g/mol. The van der Waals surface area contributed by atoms with Gasteiger partial charge in [0.15, 0.2) is 0 Å². The van der Waals surface area contributed by atoms with Gasteiger partial charge in [0.1, 0.15) is 5.60 Å². The quantitative estimate of drug-likeness (QED) is 0.627. The lowest BCUT2D eigenvalue weighted by atomic mass is 9.96. The van der Waals surface area contributed by atoms with Crippen molar-refractivity contribution in [1.82, 2.24) is 0 Å². The Labute approximate surface area is 78.7 Å². The van der Waals surface area contributed by atoms with Crippen molar-refractivity contribution in [1.29, 1.82) is 5.26 Å². The molecule has 3 nitrogen and oxygen atoms in total. The molecule has 0 N–H and O–H groups in total. The molecule has 0 aromatic heterocycles. The first-order valence-corrected chi connectivity index (χ1v) is 4.75. The molecule has 1 fully saturated rings. The van der Waals surface area contributed by atoms with Crippen LogP contribution < -0.4 is 0 Å². The van der Waals surface area contributed by atoms with E-state index in [1.165, 1.54) is 6.92 Å². The maximum absolute atomic E-state index is 10.9. The zero-order valence-corrected chi connectivity index (χ0v) is 8.01. The Morgan fingerprint density at radius 2 is 2.15 bits per heavy atom. The highest BCUT2D eigenvalue weighted by Crippen LogP contribution is 2.36. The summed E-state index contributed by atoms with van der Waals surface area (Å²) in [4.78, 5) is 10.9. The SMILES string of the molecule is CC(=O)OC1(CCC#N)CCCC1. The van der Waals surface area contributed by atoms with Crippen molar-refractivity contribution >= 4 is 5.97 Å². The summed E-state index contributed by atoms with van der Waals surface area (Å²) in [6.45, 7) is 1.44. The van der Waals surface area contributed by atoms with Crippen molar-refractivity contribution in [2.45, 2.75) is 51.0 Å². The van der Waals surface area contributed by atoms with Crippen LogP contribution in [0.25, 0.3) is 0 Å². The highest BCUT2D eigenvalue weighted by molar-refractivity contribution is 5.66. The summed E-state index contributed by atoms with van der Waals surface area (Å²) in [6, 6.07) is 2.10. The fraction of sp³-hybridized carbons (Fsp3) is 0.800. The molecule has 3 heteroatoms. The third kappa shape index (κ3) is 2.73. The number of carbonyl (C=O) groups is 1. The minimum atomic E-state index is -0.304. The molecule has 1 aliphatic rings. The van der Waals surface area contributed by atoms with Gasteiger partial charge in [0.05, 0.1) is 6.07 Å². The summed E-state index contributed by atoms with van der Waals surface area (Å²) < 4.78 is 5.31. The maximum atomic E-state index is 10.9. The Morgan fingerprint density at radius 3 is 2.62 bits per heavy atom. The van der Waals surface area contributed by atoms with Crippen LogP contribution >= 0.6 is 0 Å². The van der Waals surface area contributed by atoms with Gasteiger partial charge in [-0.15, -0.1) is 0 Å². The van der Waals surface area contributed by atoms with Crippen molar-refractivity contribution in [3.8, 4) is 6.07 Å². The average Bonchev–Trinajstić information content (AvgIpc) is 2.49. The van der Waals surface area contributed by atoms with E-state index in [9.17, 15) is 4.79 Å². The van der Waals surface area contributed by atoms with Crippen LogP contribution in [0.1, 0.15) is 45.4 Å². The molecule has 0 atom stereocenters. The molecule has 0 unspecified atom stereocenters. The average molecular weight is 181 g/mol. The molecule has 0 saturated heterocycles. The van der Waals surface area contributed by atoms with Gasteiger partial charge in [-0.05, 0) is 25.7 Å². The molecular weight excluding hydrogens is 166 g/mol. The maximum Gasteiger partial charge on any atom is 0.303 e. The lowest BCUT2D eigenvalue weighted by Crippen LogP contribution is -2.30. The zero-order valence-electron chi connectivity index (χ0n) is 8.01. The normalized spacial score (nSPS) is 19.4. The first-order chi connectivity index (χ1) is 6.18. The Hall–Kier alpha value is -1.04. The molecule has 0 bridgehead atoms. The Bertz CT molecular complexity index is 224. The minimum absolute atomic E-state index is 0.222. The predicted octanol–water partition coefficient (Wildman–Crippen LogP) is 2.17. The van der Waals surface area contributed by atoms with Crippen molar-refractivity contribution in [2.75, 3.05) is 0 Å². The number of esters is 1. The van der Waals surface area contributed by atoms with Gasteiger partial charge in [0.25, 0.3) is 0 Å². The van der Waals surface area contributed by atoms with Crippen LogP contribution in [0.2, 0.25) is 0 Å². The van der Waals surface area contributed by atoms with Gasteiger partial charge >= 0.3 is 5.97 Å². The van der Waals surface area contributed by atoms with Gasteiger partial charge in [-0.25, -0.2) is 0 Å². The number of rotatable bonds is 3. The molecule has 72 valence electrons. The van der Waals surface area contributed by atoms with Crippen LogP contribution in [0.3, 0.4) is 0 Å². The summed E-state index contributed by atoms with van der Waals surface area (Å²) in [5.74, 6) is -0.222. The lowest BCUT2D eigenvalue weighted by molar-refractivity contribution is -0.157. The zero-order chi connectivity index (χ0) is 9.73. The Morgan fingerprint density at radius 1 is 1.54 bits per heavy atom. The number of carbonyl (C=O) groups excluding carboxylic acids is 1. The first-order valence-electron chi connectivity index (χ1n) is 4.75. The molecule has 13 heavy (non-hydrogen) atoms. The van der Waals surface area contributed by atoms with Crippen LogP contribution in [0.5, 0.6) is 0 Å². The van der Waals surface area contributed by atoms with Gasteiger partial charge in [-0.3, -0.25) is 4.79 Å². The van der Waals surface area contributed by atoms with Crippen LogP contribution in [-0.2, 0) is 9.53 Å². The minimum Gasteiger partial charge on any atom is -0.459 e. The van der Waals surface area contributed by atoms with Crippen LogP contribution in [0, 0.1) is 11.3 Å². The third-order valence-electron chi connectivity index (χ3n) is 2.57. The second-order valence-electron chi connectivity index (χ2n) is 3.64. The fourth-order valence-electron chi connectivity index (χ4n) is 2.01. The highest BCUT2D eigenvalue weighted by atomic mass is 16.6. The highest BCUT2D eigenvalue weighted by Gasteiger charge is 2.36. The van der Waals surface area contributed by atoms with Gasteiger partial charge in [0.2, 0.25) is 0 Å². The molecule has 1 aliphatic carbocycles. The van der Waals surface area contributed by atoms with E-state index in [1.54, 1.807) is 0 Å². The van der Waals surface area contributed by atoms with Crippen molar-refractivity contribution in [3.63, 3.8) is 0 Å². The van der Waals surface area contributed by atoms with E-state index in [2.05, 4.69) is 6.07 Å². The van der Waals surface area contributed by atoms with E-state index in [1.807, 2.05) is 0 Å². The lowest BCUT2D eigenvalue weighted by Gasteiger charge is -2.27. The Balaban J connectivity index is 2.53. The summed E-state index contributed by atoms with van der Waals surface area (Å²) in [6.07, 6.45) is 5.25. The fourth-order valence-corrected chi connectivity index (χ4v) is 2.01. The van der Waals surface area contributed by atoms with E-state index < -0.39 is 0 Å². The van der Waals surface area contributed by atoms with Gasteiger partial charge in [-0.2, -0.15) is 5.26 Å². The predicted molar refractivity (Wildman–Crippen MR) is 47.8 cm³/mol. The van der Waals surface area contributed by atoms with Gasteiger partial charge < -0.3 is 4.74 Å².